The van der Waals surface area contributed by atoms with Crippen LogP contribution in [-0.2, 0) is 4.79 Å². The topological polar surface area (TPSA) is 69.6 Å². The highest BCUT2D eigenvalue weighted by atomic mass is 16.4. The zero-order valence-corrected chi connectivity index (χ0v) is 9.59. The lowest BCUT2D eigenvalue weighted by atomic mass is 10.1. The number of rotatable bonds is 2. The van der Waals surface area contributed by atoms with Crippen molar-refractivity contribution in [2.75, 3.05) is 0 Å². The van der Waals surface area contributed by atoms with Gasteiger partial charge in [-0.1, -0.05) is 6.58 Å². The van der Waals surface area contributed by atoms with Crippen LogP contribution in [0.2, 0.25) is 0 Å². The Hall–Kier alpha value is -0.870. The molecule has 4 nitrogen and oxygen atoms in total. The summed E-state index contributed by atoms with van der Waals surface area (Å²) in [4.78, 5) is 9.60. The molecule has 0 bridgehead atoms. The second-order valence-electron chi connectivity index (χ2n) is 4.16. The maximum absolute atomic E-state index is 9.60. The molecule has 4 heteroatoms. The van der Waals surface area contributed by atoms with Crippen molar-refractivity contribution < 1.29 is 15.0 Å². The van der Waals surface area contributed by atoms with Gasteiger partial charge in [0.1, 0.15) is 6.23 Å². The SMILES string of the molecule is C=C(C)C(=O)O.CC(O)NC(C)(C)C. The van der Waals surface area contributed by atoms with Crippen LogP contribution in [0.3, 0.4) is 0 Å². The fourth-order valence-electron chi connectivity index (χ4n) is 0.627. The standard InChI is InChI=1S/C6H15NO.C4H6O2/c1-5(8)7-6(2,3)4;1-3(2)4(5)6/h5,7-8H,1-4H3;1H2,2H3,(H,5,6). The van der Waals surface area contributed by atoms with E-state index in [0.29, 0.717) is 0 Å². The lowest BCUT2D eigenvalue weighted by molar-refractivity contribution is -0.132. The number of hydrogen-bond acceptors (Lipinski definition) is 3. The number of nitrogens with one attached hydrogen (secondary N) is 1. The van der Waals surface area contributed by atoms with Gasteiger partial charge in [-0.3, -0.25) is 5.32 Å². The van der Waals surface area contributed by atoms with Gasteiger partial charge in [0.15, 0.2) is 0 Å². The van der Waals surface area contributed by atoms with Crippen molar-refractivity contribution in [3.8, 4) is 0 Å². The summed E-state index contributed by atoms with van der Waals surface area (Å²) in [5, 5.41) is 19.6. The normalized spacial score (nSPS) is 12.4. The van der Waals surface area contributed by atoms with Crippen LogP contribution >= 0.6 is 0 Å². The van der Waals surface area contributed by atoms with Crippen molar-refractivity contribution in [2.24, 2.45) is 0 Å². The Balaban J connectivity index is 0. The van der Waals surface area contributed by atoms with Crippen LogP contribution in [0, 0.1) is 0 Å². The average Bonchev–Trinajstić information content (AvgIpc) is 1.81. The van der Waals surface area contributed by atoms with E-state index in [4.69, 9.17) is 10.2 Å². The van der Waals surface area contributed by atoms with Gasteiger partial charge >= 0.3 is 5.97 Å². The monoisotopic (exact) mass is 203 g/mol. The molecule has 0 saturated heterocycles. The van der Waals surface area contributed by atoms with E-state index in [1.165, 1.54) is 6.92 Å². The van der Waals surface area contributed by atoms with Gasteiger partial charge in [0.2, 0.25) is 0 Å². The maximum Gasteiger partial charge on any atom is 0.330 e. The lowest BCUT2D eigenvalue weighted by Crippen LogP contribution is -2.41. The van der Waals surface area contributed by atoms with Crippen molar-refractivity contribution in [1.82, 2.24) is 5.32 Å². The summed E-state index contributed by atoms with van der Waals surface area (Å²) in [6.07, 6.45) is -0.407. The number of hydrogen-bond donors (Lipinski definition) is 3. The second kappa shape index (κ2) is 6.56. The number of carboxylic acids is 1. The largest absolute Gasteiger partial charge is 0.478 e. The summed E-state index contributed by atoms with van der Waals surface area (Å²) in [7, 11) is 0. The Bertz CT molecular complexity index is 180. The van der Waals surface area contributed by atoms with E-state index in [1.807, 2.05) is 20.8 Å². The minimum atomic E-state index is -0.935. The molecule has 0 radical (unpaired) electrons. The zero-order chi connectivity index (χ0) is 11.9. The van der Waals surface area contributed by atoms with Crippen LogP contribution in [0.25, 0.3) is 0 Å². The molecule has 3 N–H and O–H groups in total. The number of aliphatic carboxylic acids is 1. The van der Waals surface area contributed by atoms with Crippen LogP contribution in [0.5, 0.6) is 0 Å². The van der Waals surface area contributed by atoms with Crippen LogP contribution < -0.4 is 5.32 Å². The molecular weight excluding hydrogens is 182 g/mol. The molecule has 0 saturated carbocycles. The van der Waals surface area contributed by atoms with Gasteiger partial charge in [0.25, 0.3) is 0 Å². The molecule has 0 aromatic carbocycles. The molecule has 0 rings (SSSR count). The molecule has 0 fully saturated rings. The lowest BCUT2D eigenvalue weighted by Gasteiger charge is -2.22. The first-order chi connectivity index (χ1) is 6.06. The van der Waals surface area contributed by atoms with Gasteiger partial charge in [0, 0.05) is 11.1 Å². The summed E-state index contributed by atoms with van der Waals surface area (Å²) in [6, 6.07) is 0. The summed E-state index contributed by atoms with van der Waals surface area (Å²) in [5.41, 5.74) is 0.198. The summed E-state index contributed by atoms with van der Waals surface area (Å²) in [6.45, 7) is 12.4. The first-order valence-electron chi connectivity index (χ1n) is 4.41. The summed E-state index contributed by atoms with van der Waals surface area (Å²) < 4.78 is 0. The Labute approximate surface area is 85.6 Å². The minimum absolute atomic E-state index is 0.0220. The van der Waals surface area contributed by atoms with E-state index in [2.05, 4.69) is 11.9 Å². The highest BCUT2D eigenvalue weighted by Gasteiger charge is 2.09. The number of aliphatic hydroxyl groups excluding tert-OH is 1. The third-order valence-electron chi connectivity index (χ3n) is 1.01. The van der Waals surface area contributed by atoms with E-state index in [0.717, 1.165) is 0 Å². The quantitative estimate of drug-likeness (QED) is 0.468. The zero-order valence-electron chi connectivity index (χ0n) is 9.59. The van der Waals surface area contributed by atoms with Crippen LogP contribution in [0.4, 0.5) is 0 Å². The molecular formula is C10H21NO3. The molecule has 0 aliphatic carbocycles. The fraction of sp³-hybridized carbons (Fsp3) is 0.700. The Morgan fingerprint density at radius 3 is 1.71 bits per heavy atom. The van der Waals surface area contributed by atoms with Gasteiger partial charge in [0.05, 0.1) is 0 Å². The van der Waals surface area contributed by atoms with Gasteiger partial charge in [-0.2, -0.15) is 0 Å². The van der Waals surface area contributed by atoms with E-state index in [9.17, 15) is 4.79 Å². The molecule has 0 amide bonds. The van der Waals surface area contributed by atoms with Crippen LogP contribution in [0.1, 0.15) is 34.6 Å². The molecule has 84 valence electrons. The molecule has 0 heterocycles. The molecule has 0 aliphatic rings. The van der Waals surface area contributed by atoms with Crippen molar-refractivity contribution in [3.05, 3.63) is 12.2 Å². The van der Waals surface area contributed by atoms with E-state index in [1.54, 1.807) is 6.92 Å². The molecule has 1 atom stereocenters. The first-order valence-corrected chi connectivity index (χ1v) is 4.41. The molecule has 1 unspecified atom stereocenters. The predicted molar refractivity (Wildman–Crippen MR) is 57.0 cm³/mol. The highest BCUT2D eigenvalue weighted by molar-refractivity contribution is 5.84. The molecule has 14 heavy (non-hydrogen) atoms. The van der Waals surface area contributed by atoms with E-state index >= 15 is 0 Å². The predicted octanol–water partition coefficient (Wildman–Crippen LogP) is 1.36. The van der Waals surface area contributed by atoms with Crippen LogP contribution in [-0.4, -0.2) is 27.9 Å². The van der Waals surface area contributed by atoms with Gasteiger partial charge in [-0.15, -0.1) is 0 Å². The summed E-state index contributed by atoms with van der Waals surface area (Å²) >= 11 is 0. The van der Waals surface area contributed by atoms with Crippen molar-refractivity contribution in [2.45, 2.75) is 46.4 Å². The molecule has 0 aromatic heterocycles. The molecule has 0 spiro atoms. The first kappa shape index (κ1) is 15.6. The second-order valence-corrected chi connectivity index (χ2v) is 4.16. The molecule has 0 aliphatic heterocycles. The third-order valence-corrected chi connectivity index (χ3v) is 1.01. The van der Waals surface area contributed by atoms with Crippen molar-refractivity contribution >= 4 is 5.97 Å². The Morgan fingerprint density at radius 1 is 1.43 bits per heavy atom. The van der Waals surface area contributed by atoms with Crippen molar-refractivity contribution in [1.29, 1.82) is 0 Å². The average molecular weight is 203 g/mol. The Kier molecular flexibility index (Phi) is 7.31. The third kappa shape index (κ3) is 17.3. The Morgan fingerprint density at radius 2 is 1.71 bits per heavy atom. The smallest absolute Gasteiger partial charge is 0.330 e. The maximum atomic E-state index is 9.60. The van der Waals surface area contributed by atoms with Gasteiger partial charge < -0.3 is 10.2 Å². The van der Waals surface area contributed by atoms with Gasteiger partial charge in [-0.25, -0.2) is 4.79 Å². The van der Waals surface area contributed by atoms with Crippen molar-refractivity contribution in [3.63, 3.8) is 0 Å². The number of carboxylic acid groups (broad SMARTS) is 1. The number of aliphatic hydroxyl groups is 1. The summed E-state index contributed by atoms with van der Waals surface area (Å²) in [5.74, 6) is -0.935. The fourth-order valence-corrected chi connectivity index (χ4v) is 0.627. The van der Waals surface area contributed by atoms with E-state index < -0.39 is 12.2 Å². The van der Waals surface area contributed by atoms with E-state index in [-0.39, 0.29) is 11.1 Å². The van der Waals surface area contributed by atoms with Crippen LogP contribution in [0.15, 0.2) is 12.2 Å². The van der Waals surface area contributed by atoms with Gasteiger partial charge in [-0.05, 0) is 34.6 Å². The number of carbonyl (C=O) groups is 1. The minimum Gasteiger partial charge on any atom is -0.478 e. The highest BCUT2D eigenvalue weighted by Crippen LogP contribution is 1.98. The molecule has 0 aromatic rings.